The maximum atomic E-state index is 2.83. The number of rotatable bonds is 2. The molecule has 4 aliphatic rings. The SMILES string of the molecule is CN1CCC(N2CCN(C3CC4(CCN(C)CC4)C3)CC2)CC1. The van der Waals surface area contributed by atoms with Crippen molar-refractivity contribution in [2.45, 2.75) is 50.6 Å². The molecular formula is C19H36N4. The molecule has 3 aliphatic heterocycles. The monoisotopic (exact) mass is 320 g/mol. The van der Waals surface area contributed by atoms with Gasteiger partial charge in [0.25, 0.3) is 0 Å². The van der Waals surface area contributed by atoms with Crippen molar-refractivity contribution in [2.24, 2.45) is 5.41 Å². The summed E-state index contributed by atoms with van der Waals surface area (Å²) in [5.41, 5.74) is 0.738. The van der Waals surface area contributed by atoms with Gasteiger partial charge < -0.3 is 9.80 Å². The summed E-state index contributed by atoms with van der Waals surface area (Å²) in [5, 5.41) is 0. The molecule has 4 rings (SSSR count). The zero-order valence-corrected chi connectivity index (χ0v) is 15.3. The maximum Gasteiger partial charge on any atom is 0.0121 e. The van der Waals surface area contributed by atoms with Crippen LogP contribution in [0.15, 0.2) is 0 Å². The number of hydrogen-bond donors (Lipinski definition) is 0. The molecule has 0 bridgehead atoms. The summed E-state index contributed by atoms with van der Waals surface area (Å²) in [6, 6.07) is 1.79. The fourth-order valence-electron chi connectivity index (χ4n) is 5.53. The van der Waals surface area contributed by atoms with Crippen LogP contribution < -0.4 is 0 Å². The molecule has 4 nitrogen and oxygen atoms in total. The lowest BCUT2D eigenvalue weighted by molar-refractivity contribution is -0.0578. The van der Waals surface area contributed by atoms with Gasteiger partial charge in [-0.3, -0.25) is 9.80 Å². The van der Waals surface area contributed by atoms with Gasteiger partial charge in [-0.25, -0.2) is 0 Å². The van der Waals surface area contributed by atoms with Gasteiger partial charge in [-0.15, -0.1) is 0 Å². The molecule has 4 fully saturated rings. The third-order valence-electron chi connectivity index (χ3n) is 7.45. The zero-order valence-electron chi connectivity index (χ0n) is 15.3. The fraction of sp³-hybridized carbons (Fsp3) is 1.00. The Morgan fingerprint density at radius 3 is 1.65 bits per heavy atom. The van der Waals surface area contributed by atoms with Crippen molar-refractivity contribution in [2.75, 3.05) is 66.5 Å². The number of piperazine rings is 1. The first-order valence-electron chi connectivity index (χ1n) is 9.99. The average Bonchev–Trinajstić information content (AvgIpc) is 2.55. The zero-order chi connectivity index (χ0) is 15.9. The molecule has 0 aromatic rings. The van der Waals surface area contributed by atoms with Gasteiger partial charge in [-0.05, 0) is 84.2 Å². The van der Waals surface area contributed by atoms with E-state index in [2.05, 4.69) is 33.7 Å². The van der Waals surface area contributed by atoms with Crippen LogP contribution >= 0.6 is 0 Å². The summed E-state index contributed by atoms with van der Waals surface area (Å²) in [6.45, 7) is 10.5. The van der Waals surface area contributed by atoms with Crippen LogP contribution in [-0.2, 0) is 0 Å². The molecule has 1 saturated carbocycles. The molecule has 4 heteroatoms. The molecular weight excluding hydrogens is 284 g/mol. The van der Waals surface area contributed by atoms with Crippen LogP contribution in [0.1, 0.15) is 38.5 Å². The Balaban J connectivity index is 1.21. The Labute approximate surface area is 142 Å². The van der Waals surface area contributed by atoms with Crippen molar-refractivity contribution in [3.8, 4) is 0 Å². The third-order valence-corrected chi connectivity index (χ3v) is 7.45. The van der Waals surface area contributed by atoms with Gasteiger partial charge >= 0.3 is 0 Å². The lowest BCUT2D eigenvalue weighted by atomic mass is 9.60. The molecule has 0 N–H and O–H groups in total. The number of hydrogen-bond acceptors (Lipinski definition) is 4. The smallest absolute Gasteiger partial charge is 0.0121 e. The normalized spacial score (nSPS) is 33.1. The van der Waals surface area contributed by atoms with Gasteiger partial charge in [-0.2, -0.15) is 0 Å². The van der Waals surface area contributed by atoms with Gasteiger partial charge in [0, 0.05) is 38.3 Å². The van der Waals surface area contributed by atoms with E-state index in [1.165, 1.54) is 90.9 Å². The van der Waals surface area contributed by atoms with E-state index < -0.39 is 0 Å². The summed E-state index contributed by atoms with van der Waals surface area (Å²) >= 11 is 0. The first-order valence-corrected chi connectivity index (χ1v) is 9.99. The first kappa shape index (κ1) is 16.3. The molecule has 0 aromatic carbocycles. The van der Waals surface area contributed by atoms with Crippen LogP contribution in [0.3, 0.4) is 0 Å². The van der Waals surface area contributed by atoms with Crippen LogP contribution in [0.2, 0.25) is 0 Å². The predicted octanol–water partition coefficient (Wildman–Crippen LogP) is 1.57. The first-order chi connectivity index (χ1) is 11.1. The molecule has 1 aliphatic carbocycles. The molecule has 0 radical (unpaired) electrons. The van der Waals surface area contributed by atoms with Gasteiger partial charge in [-0.1, -0.05) is 0 Å². The van der Waals surface area contributed by atoms with E-state index in [1.807, 2.05) is 0 Å². The Morgan fingerprint density at radius 2 is 1.09 bits per heavy atom. The van der Waals surface area contributed by atoms with Gasteiger partial charge in [0.2, 0.25) is 0 Å². The minimum absolute atomic E-state index is 0.738. The van der Waals surface area contributed by atoms with E-state index in [9.17, 15) is 0 Å². The van der Waals surface area contributed by atoms with Crippen molar-refractivity contribution in [1.82, 2.24) is 19.6 Å². The highest BCUT2D eigenvalue weighted by atomic mass is 15.3. The van der Waals surface area contributed by atoms with Crippen molar-refractivity contribution in [3.63, 3.8) is 0 Å². The highest BCUT2D eigenvalue weighted by molar-refractivity contribution is 5.01. The fourth-order valence-corrected chi connectivity index (χ4v) is 5.53. The summed E-state index contributed by atoms with van der Waals surface area (Å²) in [4.78, 5) is 10.6. The molecule has 3 saturated heterocycles. The highest BCUT2D eigenvalue weighted by Crippen LogP contribution is 2.50. The summed E-state index contributed by atoms with van der Waals surface area (Å²) in [5.74, 6) is 0. The number of piperidine rings is 2. The molecule has 0 unspecified atom stereocenters. The standard InChI is InChI=1S/C19H36N4/c1-20-7-3-17(4-8-20)22-11-13-23(14-12-22)18-15-19(16-18)5-9-21(2)10-6-19/h17-18H,3-16H2,1-2H3. The van der Waals surface area contributed by atoms with E-state index in [4.69, 9.17) is 0 Å². The highest BCUT2D eigenvalue weighted by Gasteiger charge is 2.47. The van der Waals surface area contributed by atoms with E-state index in [0.717, 1.165) is 17.5 Å². The minimum atomic E-state index is 0.738. The molecule has 132 valence electrons. The lowest BCUT2D eigenvalue weighted by Gasteiger charge is -2.56. The Bertz CT molecular complexity index is 380. The second kappa shape index (κ2) is 6.62. The minimum Gasteiger partial charge on any atom is -0.306 e. The number of nitrogens with zero attached hydrogens (tertiary/aromatic N) is 4. The van der Waals surface area contributed by atoms with E-state index in [1.54, 1.807) is 0 Å². The quantitative estimate of drug-likeness (QED) is 0.766. The molecule has 1 spiro atoms. The van der Waals surface area contributed by atoms with Crippen LogP contribution in [0.4, 0.5) is 0 Å². The van der Waals surface area contributed by atoms with E-state index in [0.29, 0.717) is 0 Å². The van der Waals surface area contributed by atoms with E-state index in [-0.39, 0.29) is 0 Å². The summed E-state index contributed by atoms with van der Waals surface area (Å²) in [6.07, 6.45) is 8.67. The summed E-state index contributed by atoms with van der Waals surface area (Å²) < 4.78 is 0. The van der Waals surface area contributed by atoms with Crippen LogP contribution in [0.5, 0.6) is 0 Å². The molecule has 0 atom stereocenters. The van der Waals surface area contributed by atoms with Gasteiger partial charge in [0.05, 0.1) is 0 Å². The topological polar surface area (TPSA) is 13.0 Å². The average molecular weight is 321 g/mol. The second-order valence-electron chi connectivity index (χ2n) is 8.97. The Kier molecular flexibility index (Phi) is 4.70. The molecule has 23 heavy (non-hydrogen) atoms. The number of likely N-dealkylation sites (tertiary alicyclic amines) is 2. The van der Waals surface area contributed by atoms with Crippen molar-refractivity contribution < 1.29 is 0 Å². The third kappa shape index (κ3) is 3.46. The molecule has 0 aromatic heterocycles. The Hall–Kier alpha value is -0.160. The summed E-state index contributed by atoms with van der Waals surface area (Å²) in [7, 11) is 4.55. The lowest BCUT2D eigenvalue weighted by Crippen LogP contribution is -2.60. The van der Waals surface area contributed by atoms with Crippen molar-refractivity contribution >= 4 is 0 Å². The van der Waals surface area contributed by atoms with Crippen LogP contribution in [-0.4, -0.2) is 98.1 Å². The predicted molar refractivity (Wildman–Crippen MR) is 95.9 cm³/mol. The van der Waals surface area contributed by atoms with E-state index >= 15 is 0 Å². The Morgan fingerprint density at radius 1 is 0.609 bits per heavy atom. The van der Waals surface area contributed by atoms with Crippen molar-refractivity contribution in [1.29, 1.82) is 0 Å². The van der Waals surface area contributed by atoms with Crippen molar-refractivity contribution in [3.05, 3.63) is 0 Å². The second-order valence-corrected chi connectivity index (χ2v) is 8.97. The maximum absolute atomic E-state index is 2.83. The van der Waals surface area contributed by atoms with Gasteiger partial charge in [0.15, 0.2) is 0 Å². The van der Waals surface area contributed by atoms with Gasteiger partial charge in [0.1, 0.15) is 0 Å². The largest absolute Gasteiger partial charge is 0.306 e. The molecule has 0 amide bonds. The van der Waals surface area contributed by atoms with Crippen LogP contribution in [0, 0.1) is 5.41 Å². The molecule has 3 heterocycles. The van der Waals surface area contributed by atoms with Crippen LogP contribution in [0.25, 0.3) is 0 Å².